The maximum absolute atomic E-state index is 13.6. The van der Waals surface area contributed by atoms with Crippen LogP contribution in [0, 0.1) is 17.0 Å². The van der Waals surface area contributed by atoms with Gasteiger partial charge in [-0.15, -0.1) is 0 Å². The zero-order valence-corrected chi connectivity index (χ0v) is 21.6. The number of aryl methyl sites for hydroxylation is 2. The van der Waals surface area contributed by atoms with E-state index in [0.29, 0.717) is 23.4 Å². The number of rotatable bonds is 11. The first-order valence-corrected chi connectivity index (χ1v) is 12.8. The second-order valence-electron chi connectivity index (χ2n) is 8.28. The molecule has 3 aromatic rings. The van der Waals surface area contributed by atoms with Crippen LogP contribution in [-0.4, -0.2) is 38.6 Å². The molecule has 1 amide bonds. The van der Waals surface area contributed by atoms with Gasteiger partial charge >= 0.3 is 0 Å². The Bertz CT molecular complexity index is 1390. The first-order chi connectivity index (χ1) is 17.6. The SMILES string of the molecule is COc1ccc(N(CC(=O)N/N=C(/C)CCc2ccccc2)S(=O)(=O)c2ccc(C)c([N+](=O)[O-])c2)cc1. The van der Waals surface area contributed by atoms with Crippen molar-refractivity contribution in [1.82, 2.24) is 5.43 Å². The van der Waals surface area contributed by atoms with Crippen molar-refractivity contribution in [3.8, 4) is 5.75 Å². The molecule has 0 saturated heterocycles. The minimum atomic E-state index is -4.35. The Labute approximate surface area is 215 Å². The Kier molecular flexibility index (Phi) is 8.96. The molecule has 0 aliphatic carbocycles. The molecule has 0 aliphatic rings. The molecule has 0 spiro atoms. The van der Waals surface area contributed by atoms with Gasteiger partial charge in [-0.05, 0) is 62.6 Å². The topological polar surface area (TPSA) is 131 Å². The van der Waals surface area contributed by atoms with Gasteiger partial charge in [0.25, 0.3) is 21.6 Å². The molecule has 0 heterocycles. The summed E-state index contributed by atoms with van der Waals surface area (Å²) in [6.07, 6.45) is 1.35. The zero-order chi connectivity index (χ0) is 27.0. The predicted octanol–water partition coefficient (Wildman–Crippen LogP) is 4.23. The van der Waals surface area contributed by atoms with Crippen LogP contribution in [0.25, 0.3) is 0 Å². The Morgan fingerprint density at radius 1 is 1.08 bits per heavy atom. The second kappa shape index (κ2) is 12.1. The van der Waals surface area contributed by atoms with Crippen LogP contribution in [0.4, 0.5) is 11.4 Å². The van der Waals surface area contributed by atoms with E-state index in [1.807, 2.05) is 30.3 Å². The highest BCUT2D eigenvalue weighted by molar-refractivity contribution is 7.92. The highest BCUT2D eigenvalue weighted by Crippen LogP contribution is 2.29. The van der Waals surface area contributed by atoms with E-state index in [9.17, 15) is 23.3 Å². The number of nitro groups is 1. The molecule has 0 bridgehead atoms. The zero-order valence-electron chi connectivity index (χ0n) is 20.7. The molecule has 0 aromatic heterocycles. The standard InChI is InChI=1S/C26H28N4O6S/c1-19-9-16-24(17-25(19)30(32)33)37(34,35)29(22-12-14-23(36-3)15-13-22)18-26(31)28-27-20(2)10-11-21-7-5-4-6-8-21/h4-9,12-17H,10-11,18H2,1-3H3,(H,28,31)/b27-20-. The molecule has 10 nitrogen and oxygen atoms in total. The third-order valence-corrected chi connectivity index (χ3v) is 7.37. The maximum atomic E-state index is 13.6. The van der Waals surface area contributed by atoms with Gasteiger partial charge in [0.2, 0.25) is 0 Å². The van der Waals surface area contributed by atoms with Gasteiger partial charge in [0.05, 0.1) is 22.6 Å². The average Bonchev–Trinajstić information content (AvgIpc) is 2.90. The maximum Gasteiger partial charge on any atom is 0.273 e. The summed E-state index contributed by atoms with van der Waals surface area (Å²) in [7, 11) is -2.87. The summed E-state index contributed by atoms with van der Waals surface area (Å²) in [5.74, 6) is -0.171. The van der Waals surface area contributed by atoms with Crippen molar-refractivity contribution in [2.24, 2.45) is 5.10 Å². The summed E-state index contributed by atoms with van der Waals surface area (Å²) in [6.45, 7) is 2.69. The molecule has 0 unspecified atom stereocenters. The first-order valence-electron chi connectivity index (χ1n) is 11.4. The number of ether oxygens (including phenoxy) is 1. The molecule has 0 atom stereocenters. The Morgan fingerprint density at radius 3 is 2.38 bits per heavy atom. The molecular weight excluding hydrogens is 496 g/mol. The Morgan fingerprint density at radius 2 is 1.76 bits per heavy atom. The lowest BCUT2D eigenvalue weighted by molar-refractivity contribution is -0.385. The molecule has 194 valence electrons. The van der Waals surface area contributed by atoms with Crippen molar-refractivity contribution in [2.45, 2.75) is 31.6 Å². The largest absolute Gasteiger partial charge is 0.497 e. The molecule has 1 N–H and O–H groups in total. The van der Waals surface area contributed by atoms with Gasteiger partial charge in [-0.3, -0.25) is 19.2 Å². The minimum absolute atomic E-state index is 0.184. The number of benzene rings is 3. The smallest absolute Gasteiger partial charge is 0.273 e. The van der Waals surface area contributed by atoms with Crippen LogP contribution in [0.15, 0.2) is 82.8 Å². The number of carbonyl (C=O) groups excluding carboxylic acids is 1. The number of nitrogens with zero attached hydrogens (tertiary/aromatic N) is 3. The van der Waals surface area contributed by atoms with Gasteiger partial charge in [-0.25, -0.2) is 13.8 Å². The number of nitrogens with one attached hydrogen (secondary N) is 1. The van der Waals surface area contributed by atoms with Crippen LogP contribution in [0.3, 0.4) is 0 Å². The third-order valence-electron chi connectivity index (χ3n) is 5.60. The average molecular weight is 525 g/mol. The van der Waals surface area contributed by atoms with Crippen molar-refractivity contribution in [1.29, 1.82) is 0 Å². The fraction of sp³-hybridized carbons (Fsp3) is 0.231. The van der Waals surface area contributed by atoms with Gasteiger partial charge in [0.1, 0.15) is 12.3 Å². The highest BCUT2D eigenvalue weighted by Gasteiger charge is 2.29. The fourth-order valence-electron chi connectivity index (χ4n) is 3.49. The lowest BCUT2D eigenvalue weighted by atomic mass is 10.1. The van der Waals surface area contributed by atoms with E-state index in [0.717, 1.165) is 22.4 Å². The van der Waals surface area contributed by atoms with Gasteiger partial charge in [0, 0.05) is 17.3 Å². The molecule has 0 radical (unpaired) electrons. The van der Waals surface area contributed by atoms with Crippen molar-refractivity contribution in [2.75, 3.05) is 18.0 Å². The number of nitro benzene ring substituents is 1. The molecule has 37 heavy (non-hydrogen) atoms. The van der Waals surface area contributed by atoms with Crippen LogP contribution < -0.4 is 14.5 Å². The van der Waals surface area contributed by atoms with Crippen molar-refractivity contribution >= 4 is 33.0 Å². The number of amides is 1. The molecule has 3 aromatic carbocycles. The lowest BCUT2D eigenvalue weighted by Crippen LogP contribution is -2.39. The number of carbonyl (C=O) groups is 1. The summed E-state index contributed by atoms with van der Waals surface area (Å²) in [5, 5.41) is 15.5. The Hall–Kier alpha value is -4.25. The molecule has 0 fully saturated rings. The quantitative estimate of drug-likeness (QED) is 0.227. The van der Waals surface area contributed by atoms with Gasteiger partial charge in [0.15, 0.2) is 0 Å². The molecule has 3 rings (SSSR count). The summed E-state index contributed by atoms with van der Waals surface area (Å²) < 4.78 is 33.1. The van der Waals surface area contributed by atoms with Crippen LogP contribution in [0.5, 0.6) is 5.75 Å². The van der Waals surface area contributed by atoms with E-state index in [1.54, 1.807) is 19.1 Å². The monoisotopic (exact) mass is 524 g/mol. The van der Waals surface area contributed by atoms with Crippen LogP contribution in [0.2, 0.25) is 0 Å². The summed E-state index contributed by atoms with van der Waals surface area (Å²) in [6, 6.07) is 19.5. The number of hydrazone groups is 1. The normalized spacial score (nSPS) is 11.6. The third kappa shape index (κ3) is 7.14. The van der Waals surface area contributed by atoms with Crippen molar-refractivity contribution in [3.63, 3.8) is 0 Å². The second-order valence-corrected chi connectivity index (χ2v) is 10.1. The summed E-state index contributed by atoms with van der Waals surface area (Å²) in [5.41, 5.74) is 4.38. The van der Waals surface area contributed by atoms with Gasteiger partial charge < -0.3 is 4.74 Å². The number of sulfonamides is 1. The summed E-state index contributed by atoms with van der Waals surface area (Å²) >= 11 is 0. The van der Waals surface area contributed by atoms with E-state index in [2.05, 4.69) is 10.5 Å². The minimum Gasteiger partial charge on any atom is -0.497 e. The van der Waals surface area contributed by atoms with Crippen LogP contribution >= 0.6 is 0 Å². The highest BCUT2D eigenvalue weighted by atomic mass is 32.2. The lowest BCUT2D eigenvalue weighted by Gasteiger charge is -2.24. The number of anilines is 1. The van der Waals surface area contributed by atoms with E-state index >= 15 is 0 Å². The molecule has 11 heteroatoms. The van der Waals surface area contributed by atoms with Gasteiger partial charge in [-0.2, -0.15) is 5.10 Å². The molecule has 0 aliphatic heterocycles. The first kappa shape index (κ1) is 27.3. The molecule has 0 saturated carbocycles. The van der Waals surface area contributed by atoms with Gasteiger partial charge in [-0.1, -0.05) is 36.4 Å². The van der Waals surface area contributed by atoms with E-state index < -0.39 is 27.4 Å². The number of methoxy groups -OCH3 is 1. The fourth-order valence-corrected chi connectivity index (χ4v) is 4.93. The van der Waals surface area contributed by atoms with E-state index in [4.69, 9.17) is 4.74 Å². The summed E-state index contributed by atoms with van der Waals surface area (Å²) in [4.78, 5) is 23.2. The van der Waals surface area contributed by atoms with E-state index in [-0.39, 0.29) is 16.3 Å². The van der Waals surface area contributed by atoms with Crippen molar-refractivity contribution in [3.05, 3.63) is 94.0 Å². The molecular formula is C26H28N4O6S. The number of hydrogen-bond donors (Lipinski definition) is 1. The van der Waals surface area contributed by atoms with Crippen LogP contribution in [0.1, 0.15) is 24.5 Å². The predicted molar refractivity (Wildman–Crippen MR) is 141 cm³/mol. The van der Waals surface area contributed by atoms with Crippen molar-refractivity contribution < 1.29 is 22.9 Å². The van der Waals surface area contributed by atoms with E-state index in [1.165, 1.54) is 38.3 Å². The Balaban J connectivity index is 1.84. The number of hydrogen-bond acceptors (Lipinski definition) is 7. The van der Waals surface area contributed by atoms with Crippen LogP contribution in [-0.2, 0) is 21.2 Å².